The number of carbonyl (C=O) groups is 1. The van der Waals surface area contributed by atoms with Gasteiger partial charge < -0.3 is 4.90 Å². The van der Waals surface area contributed by atoms with Gasteiger partial charge >= 0.3 is 0 Å². The Labute approximate surface area is 106 Å². The van der Waals surface area contributed by atoms with Crippen LogP contribution in [-0.4, -0.2) is 34.1 Å². The lowest BCUT2D eigenvalue weighted by molar-refractivity contribution is 0.0787. The molecule has 0 aliphatic carbocycles. The summed E-state index contributed by atoms with van der Waals surface area (Å²) in [4.78, 5) is 14.0. The molecule has 1 aromatic heterocycles. The maximum Gasteiger partial charge on any atom is 0.275 e. The van der Waals surface area contributed by atoms with E-state index in [9.17, 15) is 4.79 Å². The Bertz CT molecular complexity index is 575. The van der Waals surface area contributed by atoms with Gasteiger partial charge in [0.2, 0.25) is 0 Å². The molecule has 1 aromatic carbocycles. The number of fused-ring (bicyclic) bond motifs is 1. The number of nitrogens with zero attached hydrogens (tertiary/aromatic N) is 2. The molecule has 0 aliphatic heterocycles. The average molecular weight is 241 g/mol. The van der Waals surface area contributed by atoms with E-state index in [-0.39, 0.29) is 5.91 Å². The molecular weight excluding hydrogens is 226 g/mol. The molecule has 0 saturated heterocycles. The van der Waals surface area contributed by atoms with E-state index in [1.165, 1.54) is 0 Å². The SMILES string of the molecule is C=CCN(CC=C)C(=O)c1n[nH]c2ccccc12. The van der Waals surface area contributed by atoms with Crippen LogP contribution in [0.15, 0.2) is 49.6 Å². The van der Waals surface area contributed by atoms with Crippen molar-refractivity contribution in [2.45, 2.75) is 0 Å². The van der Waals surface area contributed by atoms with Crippen LogP contribution in [0.3, 0.4) is 0 Å². The quantitative estimate of drug-likeness (QED) is 0.817. The number of hydrogen-bond donors (Lipinski definition) is 1. The molecule has 1 heterocycles. The molecule has 1 N–H and O–H groups in total. The zero-order chi connectivity index (χ0) is 13.0. The lowest BCUT2D eigenvalue weighted by Gasteiger charge is -2.17. The van der Waals surface area contributed by atoms with Crippen molar-refractivity contribution in [3.8, 4) is 0 Å². The van der Waals surface area contributed by atoms with Crippen molar-refractivity contribution in [1.29, 1.82) is 0 Å². The molecule has 4 nitrogen and oxygen atoms in total. The molecule has 0 fully saturated rings. The Balaban J connectivity index is 2.37. The summed E-state index contributed by atoms with van der Waals surface area (Å²) in [6.45, 7) is 8.26. The fourth-order valence-corrected chi connectivity index (χ4v) is 1.83. The number of para-hydroxylation sites is 1. The van der Waals surface area contributed by atoms with E-state index in [2.05, 4.69) is 23.4 Å². The molecular formula is C14H15N3O. The second-order valence-corrected chi connectivity index (χ2v) is 3.91. The third-order valence-corrected chi connectivity index (χ3v) is 2.66. The summed E-state index contributed by atoms with van der Waals surface area (Å²) < 4.78 is 0. The van der Waals surface area contributed by atoms with Crippen LogP contribution in [0.25, 0.3) is 10.9 Å². The maximum absolute atomic E-state index is 12.3. The first-order valence-electron chi connectivity index (χ1n) is 5.72. The van der Waals surface area contributed by atoms with Crippen LogP contribution in [0.5, 0.6) is 0 Å². The Morgan fingerprint density at radius 1 is 1.28 bits per heavy atom. The van der Waals surface area contributed by atoms with Crippen LogP contribution in [-0.2, 0) is 0 Å². The van der Waals surface area contributed by atoms with Gasteiger partial charge in [-0.15, -0.1) is 13.2 Å². The first kappa shape index (κ1) is 12.1. The van der Waals surface area contributed by atoms with Gasteiger partial charge in [-0.2, -0.15) is 5.10 Å². The first-order valence-corrected chi connectivity index (χ1v) is 5.72. The van der Waals surface area contributed by atoms with E-state index in [4.69, 9.17) is 0 Å². The largest absolute Gasteiger partial charge is 0.330 e. The third-order valence-electron chi connectivity index (χ3n) is 2.66. The van der Waals surface area contributed by atoms with Crippen molar-refractivity contribution in [1.82, 2.24) is 15.1 Å². The summed E-state index contributed by atoms with van der Waals surface area (Å²) in [5.74, 6) is -0.118. The van der Waals surface area contributed by atoms with Gasteiger partial charge in [-0.25, -0.2) is 0 Å². The van der Waals surface area contributed by atoms with Crippen molar-refractivity contribution in [2.24, 2.45) is 0 Å². The highest BCUT2D eigenvalue weighted by molar-refractivity contribution is 6.04. The molecule has 2 aromatic rings. The topological polar surface area (TPSA) is 49.0 Å². The van der Waals surface area contributed by atoms with Crippen molar-refractivity contribution in [2.75, 3.05) is 13.1 Å². The zero-order valence-electron chi connectivity index (χ0n) is 10.1. The summed E-state index contributed by atoms with van der Waals surface area (Å²) in [6.07, 6.45) is 3.38. The van der Waals surface area contributed by atoms with Crippen LogP contribution in [0, 0.1) is 0 Å². The van der Waals surface area contributed by atoms with Gasteiger partial charge in [-0.3, -0.25) is 9.89 Å². The molecule has 0 atom stereocenters. The molecule has 0 bridgehead atoms. The van der Waals surface area contributed by atoms with Crippen molar-refractivity contribution >= 4 is 16.8 Å². The number of hydrogen-bond acceptors (Lipinski definition) is 2. The summed E-state index contributed by atoms with van der Waals surface area (Å²) >= 11 is 0. The number of carbonyl (C=O) groups excluding carboxylic acids is 1. The van der Waals surface area contributed by atoms with Crippen LogP contribution in [0.1, 0.15) is 10.5 Å². The highest BCUT2D eigenvalue weighted by Gasteiger charge is 2.18. The highest BCUT2D eigenvalue weighted by Crippen LogP contribution is 2.16. The molecule has 4 heteroatoms. The average Bonchev–Trinajstić information content (AvgIpc) is 2.81. The Kier molecular flexibility index (Phi) is 3.57. The minimum absolute atomic E-state index is 0.118. The van der Waals surface area contributed by atoms with Crippen LogP contribution < -0.4 is 0 Å². The number of rotatable bonds is 5. The van der Waals surface area contributed by atoms with Crippen molar-refractivity contribution in [3.63, 3.8) is 0 Å². The minimum atomic E-state index is -0.118. The van der Waals surface area contributed by atoms with Gasteiger partial charge in [0.1, 0.15) is 0 Å². The van der Waals surface area contributed by atoms with E-state index >= 15 is 0 Å². The van der Waals surface area contributed by atoms with Gasteiger partial charge in [0.15, 0.2) is 5.69 Å². The summed E-state index contributed by atoms with van der Waals surface area (Å²) in [6, 6.07) is 7.57. The van der Waals surface area contributed by atoms with Crippen LogP contribution in [0.2, 0.25) is 0 Å². The number of aromatic amines is 1. The molecule has 2 rings (SSSR count). The predicted molar refractivity (Wildman–Crippen MR) is 72.4 cm³/mol. The number of nitrogens with one attached hydrogen (secondary N) is 1. The van der Waals surface area contributed by atoms with Gasteiger partial charge in [-0.1, -0.05) is 30.4 Å². The Morgan fingerprint density at radius 2 is 1.94 bits per heavy atom. The molecule has 0 saturated carbocycles. The lowest BCUT2D eigenvalue weighted by Crippen LogP contribution is -2.31. The number of amides is 1. The molecule has 18 heavy (non-hydrogen) atoms. The van der Waals surface area contributed by atoms with E-state index in [1.807, 2.05) is 24.3 Å². The number of H-pyrrole nitrogens is 1. The van der Waals surface area contributed by atoms with Gasteiger partial charge in [0.25, 0.3) is 5.91 Å². The van der Waals surface area contributed by atoms with Gasteiger partial charge in [0.05, 0.1) is 5.52 Å². The molecule has 0 aliphatic rings. The fraction of sp³-hybridized carbons (Fsp3) is 0.143. The first-order chi connectivity index (χ1) is 8.77. The summed E-state index contributed by atoms with van der Waals surface area (Å²) in [7, 11) is 0. The summed E-state index contributed by atoms with van der Waals surface area (Å²) in [5.41, 5.74) is 1.30. The normalized spacial score (nSPS) is 10.2. The van der Waals surface area contributed by atoms with Crippen molar-refractivity contribution in [3.05, 3.63) is 55.3 Å². The smallest absolute Gasteiger partial charge is 0.275 e. The zero-order valence-corrected chi connectivity index (χ0v) is 10.1. The molecule has 0 radical (unpaired) electrons. The Hall–Kier alpha value is -2.36. The molecule has 1 amide bonds. The van der Waals surface area contributed by atoms with E-state index < -0.39 is 0 Å². The lowest BCUT2D eigenvalue weighted by atomic mass is 10.2. The van der Waals surface area contributed by atoms with E-state index in [1.54, 1.807) is 17.1 Å². The summed E-state index contributed by atoms with van der Waals surface area (Å²) in [5, 5.41) is 7.79. The highest BCUT2D eigenvalue weighted by atomic mass is 16.2. The maximum atomic E-state index is 12.3. The van der Waals surface area contributed by atoms with Crippen LogP contribution in [0.4, 0.5) is 0 Å². The number of aromatic nitrogens is 2. The third kappa shape index (κ3) is 2.18. The molecule has 92 valence electrons. The predicted octanol–water partition coefficient (Wildman–Crippen LogP) is 2.38. The number of benzene rings is 1. The van der Waals surface area contributed by atoms with Crippen LogP contribution >= 0.6 is 0 Å². The standard InChI is InChI=1S/C14H15N3O/c1-3-9-17(10-4-2)14(18)13-11-7-5-6-8-12(11)15-16-13/h3-8H,1-2,9-10H2,(H,15,16). The molecule has 0 unspecified atom stereocenters. The minimum Gasteiger partial charge on any atom is -0.330 e. The Morgan fingerprint density at radius 3 is 2.61 bits per heavy atom. The fourth-order valence-electron chi connectivity index (χ4n) is 1.83. The van der Waals surface area contributed by atoms with E-state index in [0.29, 0.717) is 18.8 Å². The van der Waals surface area contributed by atoms with Gasteiger partial charge in [-0.05, 0) is 6.07 Å². The second-order valence-electron chi connectivity index (χ2n) is 3.91. The van der Waals surface area contributed by atoms with Crippen molar-refractivity contribution < 1.29 is 4.79 Å². The van der Waals surface area contributed by atoms with E-state index in [0.717, 1.165) is 10.9 Å². The molecule has 0 spiro atoms. The second kappa shape index (κ2) is 5.31. The van der Waals surface area contributed by atoms with Gasteiger partial charge in [0, 0.05) is 18.5 Å². The monoisotopic (exact) mass is 241 g/mol.